The number of para-hydroxylation sites is 1. The number of carbonyl (C=O) groups excluding carboxylic acids is 1. The van der Waals surface area contributed by atoms with Crippen molar-refractivity contribution in [3.05, 3.63) is 60.3 Å². The fourth-order valence-corrected chi connectivity index (χ4v) is 3.23. The average molecular weight is 297 g/mol. The maximum absolute atomic E-state index is 12.2. The second kappa shape index (κ2) is 6.06. The van der Waals surface area contributed by atoms with Crippen molar-refractivity contribution in [2.24, 2.45) is 0 Å². The van der Waals surface area contributed by atoms with Gasteiger partial charge in [0.25, 0.3) is 0 Å². The van der Waals surface area contributed by atoms with Crippen LogP contribution in [-0.4, -0.2) is 17.6 Å². The molecule has 4 heteroatoms. The molecule has 0 unspecified atom stereocenters. The molecule has 0 spiro atoms. The van der Waals surface area contributed by atoms with Crippen LogP contribution in [0.1, 0.15) is 17.4 Å². The lowest BCUT2D eigenvalue weighted by Gasteiger charge is -2.04. The molecule has 0 atom stereocenters. The van der Waals surface area contributed by atoms with Crippen molar-refractivity contribution < 1.29 is 9.53 Å². The number of aromatic nitrogens is 1. The van der Waals surface area contributed by atoms with Gasteiger partial charge in [0.15, 0.2) is 0 Å². The van der Waals surface area contributed by atoms with Crippen LogP contribution in [0.2, 0.25) is 0 Å². The van der Waals surface area contributed by atoms with Gasteiger partial charge in [0.05, 0.1) is 11.5 Å². The summed E-state index contributed by atoms with van der Waals surface area (Å²) in [6.45, 7) is 2.17. The maximum atomic E-state index is 12.2. The van der Waals surface area contributed by atoms with E-state index in [1.165, 1.54) is 0 Å². The Kier molecular flexibility index (Phi) is 3.97. The van der Waals surface area contributed by atoms with Gasteiger partial charge in [-0.1, -0.05) is 48.2 Å². The smallest absolute Gasteiger partial charge is 0.355 e. The molecule has 0 aliphatic rings. The van der Waals surface area contributed by atoms with Crippen molar-refractivity contribution in [1.29, 1.82) is 0 Å². The van der Waals surface area contributed by atoms with Gasteiger partial charge in [-0.05, 0) is 25.1 Å². The van der Waals surface area contributed by atoms with E-state index in [2.05, 4.69) is 4.98 Å². The third-order valence-corrected chi connectivity index (χ3v) is 4.24. The van der Waals surface area contributed by atoms with Gasteiger partial charge in [0, 0.05) is 15.8 Å². The largest absolute Gasteiger partial charge is 0.461 e. The molecule has 3 nitrogen and oxygen atoms in total. The highest BCUT2D eigenvalue weighted by molar-refractivity contribution is 7.99. The first-order valence-electron chi connectivity index (χ1n) is 6.80. The highest BCUT2D eigenvalue weighted by Gasteiger charge is 2.19. The quantitative estimate of drug-likeness (QED) is 0.721. The Hall–Kier alpha value is -2.20. The van der Waals surface area contributed by atoms with E-state index in [9.17, 15) is 4.79 Å². The van der Waals surface area contributed by atoms with Crippen molar-refractivity contribution in [1.82, 2.24) is 4.98 Å². The lowest BCUT2D eigenvalue weighted by Crippen LogP contribution is -2.06. The van der Waals surface area contributed by atoms with E-state index in [1.54, 1.807) is 11.8 Å². The first-order chi connectivity index (χ1) is 10.3. The third kappa shape index (κ3) is 2.81. The van der Waals surface area contributed by atoms with Crippen LogP contribution in [0.3, 0.4) is 0 Å². The van der Waals surface area contributed by atoms with E-state index < -0.39 is 0 Å². The molecule has 21 heavy (non-hydrogen) atoms. The minimum atomic E-state index is -0.313. The number of aromatic amines is 1. The molecule has 3 rings (SSSR count). The molecule has 0 saturated carbocycles. The standard InChI is InChI=1S/C17H15NO2S/c1-2-20-17(19)15-16(21-12-8-4-3-5-9-12)13-10-6-7-11-14(13)18-15/h3-11,18H,2H2,1H3. The molecule has 2 aromatic carbocycles. The fraction of sp³-hybridized carbons (Fsp3) is 0.118. The summed E-state index contributed by atoms with van der Waals surface area (Å²) >= 11 is 1.57. The van der Waals surface area contributed by atoms with Gasteiger partial charge in [-0.3, -0.25) is 0 Å². The molecule has 0 bridgehead atoms. The molecule has 0 amide bonds. The van der Waals surface area contributed by atoms with Crippen molar-refractivity contribution in [2.45, 2.75) is 16.7 Å². The Balaban J connectivity index is 2.09. The van der Waals surface area contributed by atoms with Crippen LogP contribution in [0.15, 0.2) is 64.4 Å². The number of esters is 1. The molecule has 1 aromatic heterocycles. The summed E-state index contributed by atoms with van der Waals surface area (Å²) in [7, 11) is 0. The molecular weight excluding hydrogens is 282 g/mol. The number of fused-ring (bicyclic) bond motifs is 1. The number of carbonyl (C=O) groups is 1. The Morgan fingerprint density at radius 2 is 1.81 bits per heavy atom. The van der Waals surface area contributed by atoms with Gasteiger partial charge >= 0.3 is 5.97 Å². The van der Waals surface area contributed by atoms with Gasteiger partial charge < -0.3 is 9.72 Å². The van der Waals surface area contributed by atoms with Crippen LogP contribution in [0.4, 0.5) is 0 Å². The van der Waals surface area contributed by atoms with Crippen LogP contribution >= 0.6 is 11.8 Å². The lowest BCUT2D eigenvalue weighted by atomic mass is 10.2. The van der Waals surface area contributed by atoms with E-state index in [0.29, 0.717) is 12.3 Å². The Morgan fingerprint density at radius 1 is 1.10 bits per heavy atom. The van der Waals surface area contributed by atoms with Crippen molar-refractivity contribution >= 4 is 28.6 Å². The topological polar surface area (TPSA) is 42.1 Å². The molecule has 0 fully saturated rings. The normalized spacial score (nSPS) is 10.7. The number of hydrogen-bond donors (Lipinski definition) is 1. The number of H-pyrrole nitrogens is 1. The minimum Gasteiger partial charge on any atom is -0.461 e. The van der Waals surface area contributed by atoms with E-state index >= 15 is 0 Å². The van der Waals surface area contributed by atoms with Crippen LogP contribution in [0.25, 0.3) is 10.9 Å². The molecular formula is C17H15NO2S. The first-order valence-corrected chi connectivity index (χ1v) is 7.62. The summed E-state index contributed by atoms with van der Waals surface area (Å²) in [6.07, 6.45) is 0. The van der Waals surface area contributed by atoms with Crippen LogP contribution in [0, 0.1) is 0 Å². The van der Waals surface area contributed by atoms with Gasteiger partial charge in [0.1, 0.15) is 5.69 Å². The van der Waals surface area contributed by atoms with E-state index in [0.717, 1.165) is 20.7 Å². The number of benzene rings is 2. The Labute approximate surface area is 127 Å². The third-order valence-electron chi connectivity index (χ3n) is 3.10. The lowest BCUT2D eigenvalue weighted by molar-refractivity contribution is 0.0516. The second-order valence-electron chi connectivity index (χ2n) is 4.51. The van der Waals surface area contributed by atoms with Crippen molar-refractivity contribution in [3.8, 4) is 0 Å². The summed E-state index contributed by atoms with van der Waals surface area (Å²) in [5.41, 5.74) is 1.46. The fourth-order valence-electron chi connectivity index (χ4n) is 2.18. The molecule has 0 aliphatic carbocycles. The van der Waals surface area contributed by atoms with E-state index in [-0.39, 0.29) is 5.97 Å². The van der Waals surface area contributed by atoms with Crippen LogP contribution in [0.5, 0.6) is 0 Å². The van der Waals surface area contributed by atoms with Crippen molar-refractivity contribution in [3.63, 3.8) is 0 Å². The van der Waals surface area contributed by atoms with Crippen LogP contribution < -0.4 is 0 Å². The SMILES string of the molecule is CCOC(=O)c1[nH]c2ccccc2c1Sc1ccccc1. The summed E-state index contributed by atoms with van der Waals surface area (Å²) in [5.74, 6) is -0.313. The second-order valence-corrected chi connectivity index (χ2v) is 5.59. The minimum absolute atomic E-state index is 0.313. The molecule has 1 heterocycles. The molecule has 106 valence electrons. The summed E-state index contributed by atoms with van der Waals surface area (Å²) in [6, 6.07) is 17.9. The predicted molar refractivity (Wildman–Crippen MR) is 84.8 cm³/mol. The van der Waals surface area contributed by atoms with Crippen LogP contribution in [-0.2, 0) is 4.74 Å². The monoisotopic (exact) mass is 297 g/mol. The summed E-state index contributed by atoms with van der Waals surface area (Å²) < 4.78 is 5.15. The van der Waals surface area contributed by atoms with Gasteiger partial charge in [-0.25, -0.2) is 4.79 Å². The zero-order valence-electron chi connectivity index (χ0n) is 11.6. The number of ether oxygens (including phenoxy) is 1. The molecule has 0 aliphatic heterocycles. The number of hydrogen-bond acceptors (Lipinski definition) is 3. The Bertz CT molecular complexity index is 765. The van der Waals surface area contributed by atoms with Crippen molar-refractivity contribution in [2.75, 3.05) is 6.61 Å². The van der Waals surface area contributed by atoms with Gasteiger partial charge in [-0.2, -0.15) is 0 Å². The first kappa shape index (κ1) is 13.8. The van der Waals surface area contributed by atoms with E-state index in [1.807, 2.05) is 61.5 Å². The highest BCUT2D eigenvalue weighted by Crippen LogP contribution is 2.36. The molecule has 1 N–H and O–H groups in total. The zero-order valence-corrected chi connectivity index (χ0v) is 12.4. The summed E-state index contributed by atoms with van der Waals surface area (Å²) in [4.78, 5) is 17.3. The number of rotatable bonds is 4. The Morgan fingerprint density at radius 3 is 2.57 bits per heavy atom. The molecule has 0 saturated heterocycles. The number of nitrogens with one attached hydrogen (secondary N) is 1. The van der Waals surface area contributed by atoms with E-state index in [4.69, 9.17) is 4.74 Å². The summed E-state index contributed by atoms with van der Waals surface area (Å²) in [5, 5.41) is 1.04. The average Bonchev–Trinajstić information content (AvgIpc) is 2.88. The zero-order chi connectivity index (χ0) is 14.7. The van der Waals surface area contributed by atoms with Gasteiger partial charge in [0.2, 0.25) is 0 Å². The highest BCUT2D eigenvalue weighted by atomic mass is 32.2. The molecule has 3 aromatic rings. The maximum Gasteiger partial charge on any atom is 0.355 e. The molecule has 0 radical (unpaired) electrons. The van der Waals surface area contributed by atoms with Gasteiger partial charge in [-0.15, -0.1) is 0 Å². The predicted octanol–water partition coefficient (Wildman–Crippen LogP) is 4.50.